The van der Waals surface area contributed by atoms with Crippen LogP contribution >= 0.6 is 0 Å². The van der Waals surface area contributed by atoms with E-state index >= 15 is 0 Å². The van der Waals surface area contributed by atoms with Gasteiger partial charge in [0, 0.05) is 6.42 Å². The molecule has 0 radical (unpaired) electrons. The molecule has 0 aromatic heterocycles. The molecule has 0 saturated heterocycles. The standard InChI is InChI=1S/C18H20O3/c1-20-16-7-4-13(5-8-16)11-17(19)14-6-9-18-15(12-14)3-2-10-21-18/h4-9,12,17,19H,2-3,10-11H2,1H3. The normalized spacial score (nSPS) is 15.0. The van der Waals surface area contributed by atoms with E-state index in [0.717, 1.165) is 42.1 Å². The van der Waals surface area contributed by atoms with Crippen molar-refractivity contribution in [1.29, 1.82) is 0 Å². The molecule has 3 nitrogen and oxygen atoms in total. The van der Waals surface area contributed by atoms with Crippen molar-refractivity contribution in [2.45, 2.75) is 25.4 Å². The number of hydrogen-bond donors (Lipinski definition) is 1. The summed E-state index contributed by atoms with van der Waals surface area (Å²) in [6, 6.07) is 13.8. The minimum atomic E-state index is -0.495. The van der Waals surface area contributed by atoms with Gasteiger partial charge in [0.15, 0.2) is 0 Å². The Morgan fingerprint density at radius 1 is 1.19 bits per heavy atom. The molecular formula is C18H20O3. The topological polar surface area (TPSA) is 38.7 Å². The molecule has 2 aromatic rings. The average Bonchev–Trinajstić information content (AvgIpc) is 2.55. The zero-order chi connectivity index (χ0) is 14.7. The van der Waals surface area contributed by atoms with Crippen LogP contribution < -0.4 is 9.47 Å². The summed E-state index contributed by atoms with van der Waals surface area (Å²) in [6.07, 6.45) is 2.18. The summed E-state index contributed by atoms with van der Waals surface area (Å²) in [7, 11) is 1.65. The fraction of sp³-hybridized carbons (Fsp3) is 0.333. The van der Waals surface area contributed by atoms with Gasteiger partial charge in [-0.1, -0.05) is 18.2 Å². The molecule has 0 aliphatic carbocycles. The number of methoxy groups -OCH3 is 1. The molecular weight excluding hydrogens is 264 g/mol. The highest BCUT2D eigenvalue weighted by molar-refractivity contribution is 5.39. The second-order valence-electron chi connectivity index (χ2n) is 5.39. The Balaban J connectivity index is 1.73. The van der Waals surface area contributed by atoms with Crippen LogP contribution in [0.5, 0.6) is 11.5 Å². The third-order valence-corrected chi connectivity index (χ3v) is 3.91. The van der Waals surface area contributed by atoms with Gasteiger partial charge < -0.3 is 14.6 Å². The van der Waals surface area contributed by atoms with E-state index < -0.39 is 6.10 Å². The van der Waals surface area contributed by atoms with Crippen LogP contribution in [-0.4, -0.2) is 18.8 Å². The van der Waals surface area contributed by atoms with Crippen molar-refractivity contribution in [3.8, 4) is 11.5 Å². The van der Waals surface area contributed by atoms with Crippen molar-refractivity contribution in [2.75, 3.05) is 13.7 Å². The number of aryl methyl sites for hydroxylation is 1. The fourth-order valence-electron chi connectivity index (χ4n) is 2.69. The summed E-state index contributed by atoms with van der Waals surface area (Å²) in [5, 5.41) is 10.4. The van der Waals surface area contributed by atoms with Crippen LogP contribution in [0.4, 0.5) is 0 Å². The monoisotopic (exact) mass is 284 g/mol. The third-order valence-electron chi connectivity index (χ3n) is 3.91. The Kier molecular flexibility index (Phi) is 4.11. The summed E-state index contributed by atoms with van der Waals surface area (Å²) < 4.78 is 10.8. The summed E-state index contributed by atoms with van der Waals surface area (Å²) in [6.45, 7) is 0.792. The molecule has 0 spiro atoms. The zero-order valence-corrected chi connectivity index (χ0v) is 12.2. The van der Waals surface area contributed by atoms with E-state index in [1.54, 1.807) is 7.11 Å². The maximum absolute atomic E-state index is 10.4. The highest BCUT2D eigenvalue weighted by Crippen LogP contribution is 2.29. The zero-order valence-electron chi connectivity index (χ0n) is 12.2. The first-order chi connectivity index (χ1) is 10.3. The lowest BCUT2D eigenvalue weighted by molar-refractivity contribution is 0.178. The Bertz CT molecular complexity index is 604. The van der Waals surface area contributed by atoms with E-state index in [1.165, 1.54) is 5.56 Å². The number of aliphatic hydroxyl groups excluding tert-OH is 1. The lowest BCUT2D eigenvalue weighted by Gasteiger charge is -2.19. The van der Waals surface area contributed by atoms with Crippen LogP contribution in [0.15, 0.2) is 42.5 Å². The van der Waals surface area contributed by atoms with Crippen LogP contribution in [0.3, 0.4) is 0 Å². The van der Waals surface area contributed by atoms with Crippen molar-refractivity contribution in [3.05, 3.63) is 59.2 Å². The number of rotatable bonds is 4. The lowest BCUT2D eigenvalue weighted by Crippen LogP contribution is -2.10. The predicted octanol–water partition coefficient (Wildman–Crippen LogP) is 3.30. The van der Waals surface area contributed by atoms with Gasteiger partial charge in [-0.05, 0) is 53.8 Å². The van der Waals surface area contributed by atoms with E-state index in [9.17, 15) is 5.11 Å². The molecule has 1 N–H and O–H groups in total. The molecule has 1 aliphatic rings. The highest BCUT2D eigenvalue weighted by atomic mass is 16.5. The maximum atomic E-state index is 10.4. The van der Waals surface area contributed by atoms with Crippen molar-refractivity contribution in [1.82, 2.24) is 0 Å². The number of aliphatic hydroxyl groups is 1. The summed E-state index contributed by atoms with van der Waals surface area (Å²) in [5.41, 5.74) is 3.25. The van der Waals surface area contributed by atoms with Crippen LogP contribution in [0, 0.1) is 0 Å². The number of ether oxygens (including phenoxy) is 2. The van der Waals surface area contributed by atoms with Crippen LogP contribution in [0.1, 0.15) is 29.2 Å². The quantitative estimate of drug-likeness (QED) is 0.936. The molecule has 1 atom stereocenters. The highest BCUT2D eigenvalue weighted by Gasteiger charge is 2.14. The van der Waals surface area contributed by atoms with Gasteiger partial charge in [0.25, 0.3) is 0 Å². The second kappa shape index (κ2) is 6.19. The van der Waals surface area contributed by atoms with E-state index in [4.69, 9.17) is 9.47 Å². The predicted molar refractivity (Wildman–Crippen MR) is 81.9 cm³/mol. The van der Waals surface area contributed by atoms with Gasteiger partial charge in [-0.2, -0.15) is 0 Å². The van der Waals surface area contributed by atoms with Gasteiger partial charge in [-0.3, -0.25) is 0 Å². The molecule has 0 bridgehead atoms. The molecule has 1 unspecified atom stereocenters. The fourth-order valence-corrected chi connectivity index (χ4v) is 2.69. The van der Waals surface area contributed by atoms with Gasteiger partial charge in [0.1, 0.15) is 11.5 Å². The molecule has 0 fully saturated rings. The van der Waals surface area contributed by atoms with E-state index in [2.05, 4.69) is 6.07 Å². The maximum Gasteiger partial charge on any atom is 0.122 e. The van der Waals surface area contributed by atoms with E-state index in [-0.39, 0.29) is 0 Å². The molecule has 110 valence electrons. The molecule has 1 heterocycles. The molecule has 21 heavy (non-hydrogen) atoms. The molecule has 0 saturated carbocycles. The van der Waals surface area contributed by atoms with Crippen molar-refractivity contribution in [3.63, 3.8) is 0 Å². The van der Waals surface area contributed by atoms with Crippen molar-refractivity contribution < 1.29 is 14.6 Å². The first-order valence-electron chi connectivity index (χ1n) is 7.33. The molecule has 1 aliphatic heterocycles. The van der Waals surface area contributed by atoms with Gasteiger partial charge in [0.2, 0.25) is 0 Å². The Morgan fingerprint density at radius 3 is 2.76 bits per heavy atom. The van der Waals surface area contributed by atoms with E-state index in [0.29, 0.717) is 6.42 Å². The first kappa shape index (κ1) is 14.0. The molecule has 2 aromatic carbocycles. The minimum Gasteiger partial charge on any atom is -0.497 e. The smallest absolute Gasteiger partial charge is 0.122 e. The molecule has 3 rings (SSSR count). The first-order valence-corrected chi connectivity index (χ1v) is 7.33. The van der Waals surface area contributed by atoms with Gasteiger partial charge in [-0.25, -0.2) is 0 Å². The van der Waals surface area contributed by atoms with Crippen LogP contribution in [0.2, 0.25) is 0 Å². The van der Waals surface area contributed by atoms with Gasteiger partial charge in [-0.15, -0.1) is 0 Å². The lowest BCUT2D eigenvalue weighted by atomic mass is 9.97. The number of benzene rings is 2. The molecule has 0 amide bonds. The summed E-state index contributed by atoms with van der Waals surface area (Å²) in [4.78, 5) is 0. The largest absolute Gasteiger partial charge is 0.497 e. The van der Waals surface area contributed by atoms with Crippen LogP contribution in [-0.2, 0) is 12.8 Å². The van der Waals surface area contributed by atoms with Gasteiger partial charge in [0.05, 0.1) is 19.8 Å². The SMILES string of the molecule is COc1ccc(CC(O)c2ccc3c(c2)CCCO3)cc1. The van der Waals surface area contributed by atoms with Crippen molar-refractivity contribution in [2.24, 2.45) is 0 Å². The summed E-state index contributed by atoms with van der Waals surface area (Å²) >= 11 is 0. The van der Waals surface area contributed by atoms with E-state index in [1.807, 2.05) is 36.4 Å². The van der Waals surface area contributed by atoms with Crippen molar-refractivity contribution >= 4 is 0 Å². The third kappa shape index (κ3) is 3.19. The number of hydrogen-bond acceptors (Lipinski definition) is 3. The Morgan fingerprint density at radius 2 is 2.00 bits per heavy atom. The van der Waals surface area contributed by atoms with Crippen LogP contribution in [0.25, 0.3) is 0 Å². The summed E-state index contributed by atoms with van der Waals surface area (Å²) in [5.74, 6) is 1.79. The average molecular weight is 284 g/mol. The number of fused-ring (bicyclic) bond motifs is 1. The Labute approximate surface area is 125 Å². The van der Waals surface area contributed by atoms with Gasteiger partial charge >= 0.3 is 0 Å². The second-order valence-corrected chi connectivity index (χ2v) is 5.39. The molecule has 3 heteroatoms. The minimum absolute atomic E-state index is 0.495. The Hall–Kier alpha value is -2.00.